The smallest absolute Gasteiger partial charge is 0.391 e. The molecule has 0 bridgehead atoms. The highest BCUT2D eigenvalue weighted by Crippen LogP contribution is 2.32. The fourth-order valence-electron chi connectivity index (χ4n) is 3.24. The summed E-state index contributed by atoms with van der Waals surface area (Å²) >= 11 is 0. The van der Waals surface area contributed by atoms with Gasteiger partial charge in [-0.1, -0.05) is 12.1 Å². The largest absolute Gasteiger partial charge is 0.416 e. The molecule has 1 saturated heterocycles. The monoisotopic (exact) mass is 402 g/mol. The minimum Gasteiger partial charge on any atom is -0.391 e. The van der Waals surface area contributed by atoms with Gasteiger partial charge in [0.05, 0.1) is 22.9 Å². The van der Waals surface area contributed by atoms with Crippen molar-refractivity contribution in [3.63, 3.8) is 0 Å². The highest BCUT2D eigenvalue weighted by Gasteiger charge is 2.30. The Morgan fingerprint density at radius 3 is 2.52 bits per heavy atom. The van der Waals surface area contributed by atoms with E-state index in [1.165, 1.54) is 18.3 Å². The zero-order valence-corrected chi connectivity index (χ0v) is 15.1. The quantitative estimate of drug-likeness (QED) is 0.704. The van der Waals surface area contributed by atoms with E-state index in [9.17, 15) is 23.1 Å². The number of β-amino-alcohol motifs (C(OH)–C–C–N with tert-alkyl or cyclic N) is 1. The number of halogens is 3. The van der Waals surface area contributed by atoms with Gasteiger partial charge in [0.2, 0.25) is 0 Å². The second-order valence-corrected chi connectivity index (χ2v) is 6.81. The van der Waals surface area contributed by atoms with E-state index < -0.39 is 17.8 Å². The fourth-order valence-corrected chi connectivity index (χ4v) is 3.24. The van der Waals surface area contributed by atoms with Crippen LogP contribution >= 0.6 is 0 Å². The first-order valence-corrected chi connectivity index (χ1v) is 8.99. The summed E-state index contributed by atoms with van der Waals surface area (Å²) in [7, 11) is 0. The zero-order valence-electron chi connectivity index (χ0n) is 15.1. The second-order valence-electron chi connectivity index (χ2n) is 6.81. The third-order valence-electron chi connectivity index (χ3n) is 4.77. The summed E-state index contributed by atoms with van der Waals surface area (Å²) in [6, 6.07) is 9.54. The molecular weight excluding hydrogens is 385 g/mol. The van der Waals surface area contributed by atoms with Crippen LogP contribution in [0.3, 0.4) is 0 Å². The lowest BCUT2D eigenvalue weighted by molar-refractivity contribution is -0.137. The molecule has 2 aromatic heterocycles. The number of nitrogens with one attached hydrogen (secondary N) is 1. The van der Waals surface area contributed by atoms with Gasteiger partial charge in [-0.3, -0.25) is 4.79 Å². The van der Waals surface area contributed by atoms with Crippen LogP contribution in [0.1, 0.15) is 12.0 Å². The third kappa shape index (κ3) is 4.00. The van der Waals surface area contributed by atoms with Gasteiger partial charge in [0.1, 0.15) is 5.82 Å². The van der Waals surface area contributed by atoms with E-state index in [4.69, 9.17) is 0 Å². The van der Waals surface area contributed by atoms with Gasteiger partial charge >= 0.3 is 6.18 Å². The molecule has 0 radical (unpaired) electrons. The van der Waals surface area contributed by atoms with E-state index in [1.54, 1.807) is 18.2 Å². The Hall–Kier alpha value is -3.20. The summed E-state index contributed by atoms with van der Waals surface area (Å²) in [5.74, 6) is 0.672. The van der Waals surface area contributed by atoms with Crippen LogP contribution in [-0.2, 0) is 6.18 Å². The Labute approximate surface area is 163 Å². The van der Waals surface area contributed by atoms with Gasteiger partial charge in [-0.2, -0.15) is 13.2 Å². The number of alkyl halides is 3. The summed E-state index contributed by atoms with van der Waals surface area (Å²) in [6.07, 6.45) is -2.84. The standard InChI is InChI=1S/C20H17F3N4O2/c21-20(22,23)13-5-3-12(4-6-13)16-10-17(27-9-7-14(28)11-27)26-18(25-16)15-2-1-8-24-19(15)29/h1-6,8,10,14,28H,7,9,11H2,(H,24,29)/t14-/m0/s1. The maximum atomic E-state index is 12.9. The average Bonchev–Trinajstić information content (AvgIpc) is 3.14. The number of rotatable bonds is 3. The van der Waals surface area contributed by atoms with Gasteiger partial charge in [-0.25, -0.2) is 9.97 Å². The predicted molar refractivity (Wildman–Crippen MR) is 101 cm³/mol. The van der Waals surface area contributed by atoms with E-state index in [1.807, 2.05) is 4.90 Å². The number of nitrogens with zero attached hydrogens (tertiary/aromatic N) is 3. The Morgan fingerprint density at radius 2 is 1.90 bits per heavy atom. The summed E-state index contributed by atoms with van der Waals surface area (Å²) in [5.41, 5.74) is -0.0111. The normalized spacial score (nSPS) is 17.0. The van der Waals surface area contributed by atoms with Crippen molar-refractivity contribution < 1.29 is 18.3 Å². The number of aliphatic hydroxyl groups excluding tert-OH is 1. The van der Waals surface area contributed by atoms with Crippen LogP contribution in [0.15, 0.2) is 53.5 Å². The summed E-state index contributed by atoms with van der Waals surface area (Å²) in [4.78, 5) is 25.5. The van der Waals surface area contributed by atoms with Gasteiger partial charge in [-0.05, 0) is 30.7 Å². The van der Waals surface area contributed by atoms with E-state index in [0.717, 1.165) is 12.1 Å². The maximum Gasteiger partial charge on any atom is 0.416 e. The Balaban J connectivity index is 1.82. The van der Waals surface area contributed by atoms with Crippen molar-refractivity contribution in [2.24, 2.45) is 0 Å². The minimum atomic E-state index is -4.43. The molecule has 0 aliphatic carbocycles. The van der Waals surface area contributed by atoms with Crippen molar-refractivity contribution in [2.75, 3.05) is 18.0 Å². The molecule has 0 spiro atoms. The van der Waals surface area contributed by atoms with Gasteiger partial charge < -0.3 is 15.0 Å². The number of aromatic amines is 1. The van der Waals surface area contributed by atoms with E-state index in [2.05, 4.69) is 15.0 Å². The average molecular weight is 402 g/mol. The molecule has 0 amide bonds. The molecule has 9 heteroatoms. The first kappa shape index (κ1) is 19.1. The molecule has 1 fully saturated rings. The molecule has 1 aliphatic rings. The van der Waals surface area contributed by atoms with Crippen LogP contribution in [0.4, 0.5) is 19.0 Å². The fraction of sp³-hybridized carbons (Fsp3) is 0.250. The number of H-pyrrole nitrogens is 1. The molecule has 0 unspecified atom stereocenters. The molecule has 1 atom stereocenters. The molecule has 150 valence electrons. The van der Waals surface area contributed by atoms with Crippen LogP contribution in [-0.4, -0.2) is 39.3 Å². The number of hydrogen-bond donors (Lipinski definition) is 2. The van der Waals surface area contributed by atoms with Gasteiger partial charge in [0.25, 0.3) is 5.56 Å². The van der Waals surface area contributed by atoms with Crippen LogP contribution in [0, 0.1) is 0 Å². The molecule has 4 rings (SSSR count). The summed E-state index contributed by atoms with van der Waals surface area (Å²) in [5, 5.41) is 9.84. The number of aromatic nitrogens is 3. The molecule has 3 aromatic rings. The summed E-state index contributed by atoms with van der Waals surface area (Å²) in [6.45, 7) is 0.962. The summed E-state index contributed by atoms with van der Waals surface area (Å²) < 4.78 is 38.6. The SMILES string of the molecule is O=c1[nH]cccc1-c1nc(-c2ccc(C(F)(F)F)cc2)cc(N2CC[C@H](O)C2)n1. The first-order chi connectivity index (χ1) is 13.8. The van der Waals surface area contributed by atoms with Crippen LogP contribution in [0.25, 0.3) is 22.6 Å². The molecule has 3 heterocycles. The lowest BCUT2D eigenvalue weighted by atomic mass is 10.1. The number of benzene rings is 1. The molecule has 0 saturated carbocycles. The molecule has 1 aliphatic heterocycles. The van der Waals surface area contributed by atoms with Crippen LogP contribution in [0.5, 0.6) is 0 Å². The van der Waals surface area contributed by atoms with E-state index >= 15 is 0 Å². The van der Waals surface area contributed by atoms with Crippen LogP contribution in [0.2, 0.25) is 0 Å². The maximum absolute atomic E-state index is 12.9. The number of anilines is 1. The Bertz CT molecular complexity index is 1080. The third-order valence-corrected chi connectivity index (χ3v) is 4.77. The van der Waals surface area contributed by atoms with Crippen molar-refractivity contribution in [1.82, 2.24) is 15.0 Å². The van der Waals surface area contributed by atoms with E-state index in [0.29, 0.717) is 36.6 Å². The topological polar surface area (TPSA) is 82.1 Å². The van der Waals surface area contributed by atoms with E-state index in [-0.39, 0.29) is 16.9 Å². The number of aliphatic hydroxyl groups is 1. The highest BCUT2D eigenvalue weighted by molar-refractivity contribution is 5.68. The first-order valence-electron chi connectivity index (χ1n) is 8.99. The molecular formula is C20H17F3N4O2. The lowest BCUT2D eigenvalue weighted by Gasteiger charge is -2.18. The predicted octanol–water partition coefficient (Wildman–Crippen LogP) is 3.09. The Morgan fingerprint density at radius 1 is 1.14 bits per heavy atom. The van der Waals surface area contributed by atoms with Crippen molar-refractivity contribution in [2.45, 2.75) is 18.7 Å². The van der Waals surface area contributed by atoms with Crippen LogP contribution < -0.4 is 10.5 Å². The van der Waals surface area contributed by atoms with Gasteiger partial charge in [0.15, 0.2) is 5.82 Å². The number of hydrogen-bond acceptors (Lipinski definition) is 5. The second kappa shape index (κ2) is 7.32. The molecule has 29 heavy (non-hydrogen) atoms. The lowest BCUT2D eigenvalue weighted by Crippen LogP contribution is -2.23. The molecule has 1 aromatic carbocycles. The zero-order chi connectivity index (χ0) is 20.6. The minimum absolute atomic E-state index is 0.167. The van der Waals surface area contributed by atoms with Crippen molar-refractivity contribution in [3.05, 3.63) is 64.6 Å². The van der Waals surface area contributed by atoms with Crippen molar-refractivity contribution in [3.8, 4) is 22.6 Å². The molecule has 2 N–H and O–H groups in total. The highest BCUT2D eigenvalue weighted by atomic mass is 19.4. The van der Waals surface area contributed by atoms with Crippen molar-refractivity contribution >= 4 is 5.82 Å². The van der Waals surface area contributed by atoms with Crippen molar-refractivity contribution in [1.29, 1.82) is 0 Å². The van der Waals surface area contributed by atoms with Gasteiger partial charge in [-0.15, -0.1) is 0 Å². The van der Waals surface area contributed by atoms with Gasteiger partial charge in [0, 0.05) is 30.9 Å². The number of pyridine rings is 1. The molecule has 6 nitrogen and oxygen atoms in total. The Kier molecular flexibility index (Phi) is 4.83.